The maximum Gasteiger partial charge on any atom is 0.293 e. The Labute approximate surface area is 114 Å². The van der Waals surface area contributed by atoms with Crippen LogP contribution >= 0.6 is 15.9 Å². The minimum atomic E-state index is -0.337. The molecule has 0 fully saturated rings. The molecule has 18 heavy (non-hydrogen) atoms. The van der Waals surface area contributed by atoms with Gasteiger partial charge in [0.05, 0.1) is 4.92 Å². The van der Waals surface area contributed by atoms with Crippen LogP contribution < -0.4 is 10.6 Å². The topological polar surface area (TPSA) is 67.2 Å². The molecule has 0 bridgehead atoms. The molecule has 0 spiro atoms. The van der Waals surface area contributed by atoms with Crippen LogP contribution in [0.1, 0.15) is 18.9 Å². The van der Waals surface area contributed by atoms with Crippen LogP contribution in [-0.4, -0.2) is 24.1 Å². The predicted octanol–water partition coefficient (Wildman–Crippen LogP) is 2.69. The van der Waals surface area contributed by atoms with Crippen molar-refractivity contribution in [3.05, 3.63) is 32.3 Å². The predicted molar refractivity (Wildman–Crippen MR) is 75.1 cm³/mol. The normalized spacial score (nSPS) is 18.0. The number of hydrogen-bond donors (Lipinski definition) is 2. The van der Waals surface area contributed by atoms with Gasteiger partial charge in [-0.2, -0.15) is 0 Å². The van der Waals surface area contributed by atoms with Crippen LogP contribution in [0.2, 0.25) is 0 Å². The smallest absolute Gasteiger partial charge is 0.293 e. The maximum atomic E-state index is 11.0. The van der Waals surface area contributed by atoms with Crippen molar-refractivity contribution >= 4 is 27.3 Å². The molecular weight excluding hydrogens is 298 g/mol. The lowest BCUT2D eigenvalue weighted by Gasteiger charge is -2.26. The number of halogens is 1. The molecule has 0 saturated carbocycles. The first-order valence-electron chi connectivity index (χ1n) is 6.06. The van der Waals surface area contributed by atoms with Crippen molar-refractivity contribution in [1.82, 2.24) is 5.32 Å². The van der Waals surface area contributed by atoms with Crippen molar-refractivity contribution in [2.75, 3.05) is 18.4 Å². The molecule has 1 unspecified atom stereocenters. The van der Waals surface area contributed by atoms with Gasteiger partial charge < -0.3 is 10.6 Å². The van der Waals surface area contributed by atoms with Gasteiger partial charge in [-0.15, -0.1) is 0 Å². The van der Waals surface area contributed by atoms with Crippen LogP contribution in [0.3, 0.4) is 0 Å². The van der Waals surface area contributed by atoms with E-state index in [1.165, 1.54) is 0 Å². The van der Waals surface area contributed by atoms with Gasteiger partial charge in [-0.25, -0.2) is 0 Å². The number of nitrogens with zero attached hydrogens (tertiary/aromatic N) is 1. The Morgan fingerprint density at radius 1 is 1.61 bits per heavy atom. The maximum absolute atomic E-state index is 11.0. The van der Waals surface area contributed by atoms with Gasteiger partial charge in [-0.1, -0.05) is 22.9 Å². The molecule has 98 valence electrons. The van der Waals surface area contributed by atoms with Crippen LogP contribution in [0, 0.1) is 10.1 Å². The Bertz CT molecular complexity index is 465. The van der Waals surface area contributed by atoms with E-state index in [0.29, 0.717) is 11.7 Å². The summed E-state index contributed by atoms with van der Waals surface area (Å²) in [7, 11) is 0. The molecule has 0 aromatic heterocycles. The highest BCUT2D eigenvalue weighted by Crippen LogP contribution is 2.35. The summed E-state index contributed by atoms with van der Waals surface area (Å²) < 4.78 is 0.755. The van der Waals surface area contributed by atoms with Gasteiger partial charge in [0, 0.05) is 23.1 Å². The molecular formula is C12H16BrN3O2. The Hall–Kier alpha value is -1.14. The van der Waals surface area contributed by atoms with Crippen molar-refractivity contribution in [2.24, 2.45) is 0 Å². The van der Waals surface area contributed by atoms with Gasteiger partial charge in [0.2, 0.25) is 0 Å². The highest BCUT2D eigenvalue weighted by atomic mass is 79.9. The second kappa shape index (κ2) is 5.67. The van der Waals surface area contributed by atoms with E-state index in [0.717, 1.165) is 36.0 Å². The van der Waals surface area contributed by atoms with Crippen LogP contribution in [-0.2, 0) is 6.42 Å². The van der Waals surface area contributed by atoms with Crippen LogP contribution in [0.25, 0.3) is 0 Å². The molecule has 1 atom stereocenters. The molecule has 6 heteroatoms. The second-order valence-corrected chi connectivity index (χ2v) is 5.37. The van der Waals surface area contributed by atoms with Crippen molar-refractivity contribution in [3.63, 3.8) is 0 Å². The largest absolute Gasteiger partial charge is 0.378 e. The number of rotatable bonds is 4. The van der Waals surface area contributed by atoms with Gasteiger partial charge in [0.15, 0.2) is 0 Å². The third-order valence-electron chi connectivity index (χ3n) is 3.04. The zero-order valence-electron chi connectivity index (χ0n) is 10.2. The van der Waals surface area contributed by atoms with Crippen LogP contribution in [0.15, 0.2) is 16.6 Å². The second-order valence-electron chi connectivity index (χ2n) is 4.45. The van der Waals surface area contributed by atoms with Gasteiger partial charge in [-0.05, 0) is 31.0 Å². The fourth-order valence-corrected chi connectivity index (χ4v) is 2.71. The molecule has 2 rings (SSSR count). The SMILES string of the molecule is CCCNC1CNc2c(cc(Br)cc2[N+](=O)[O-])C1. The third kappa shape index (κ3) is 2.81. The van der Waals surface area contributed by atoms with E-state index in [1.54, 1.807) is 6.07 Å². The lowest BCUT2D eigenvalue weighted by Crippen LogP contribution is -2.40. The van der Waals surface area contributed by atoms with Crippen LogP contribution in [0.4, 0.5) is 11.4 Å². The summed E-state index contributed by atoms with van der Waals surface area (Å²) in [5.41, 5.74) is 1.81. The first kappa shape index (κ1) is 13.3. The van der Waals surface area contributed by atoms with E-state index in [4.69, 9.17) is 0 Å². The molecule has 1 aromatic carbocycles. The summed E-state index contributed by atoms with van der Waals surface area (Å²) in [6.45, 7) is 3.83. The fraction of sp³-hybridized carbons (Fsp3) is 0.500. The molecule has 0 aliphatic carbocycles. The standard InChI is InChI=1S/C12H16BrN3O2/c1-2-3-14-10-5-8-4-9(13)6-11(16(17)18)12(8)15-7-10/h4,6,10,14-15H,2-3,5,7H2,1H3. The highest BCUT2D eigenvalue weighted by Gasteiger charge is 2.25. The average Bonchev–Trinajstić information content (AvgIpc) is 2.34. The van der Waals surface area contributed by atoms with E-state index >= 15 is 0 Å². The summed E-state index contributed by atoms with van der Waals surface area (Å²) in [6, 6.07) is 3.84. The van der Waals surface area contributed by atoms with E-state index < -0.39 is 0 Å². The van der Waals surface area contributed by atoms with E-state index in [9.17, 15) is 10.1 Å². The number of fused-ring (bicyclic) bond motifs is 1. The van der Waals surface area contributed by atoms with E-state index in [2.05, 4.69) is 33.5 Å². The summed E-state index contributed by atoms with van der Waals surface area (Å²) in [5, 5.41) is 17.6. The zero-order chi connectivity index (χ0) is 13.1. The van der Waals surface area contributed by atoms with E-state index in [1.807, 2.05) is 6.07 Å². The Morgan fingerprint density at radius 3 is 3.06 bits per heavy atom. The molecule has 1 aliphatic rings. The molecule has 0 radical (unpaired) electrons. The van der Waals surface area contributed by atoms with Gasteiger partial charge in [0.1, 0.15) is 5.69 Å². The number of hydrogen-bond acceptors (Lipinski definition) is 4. The Balaban J connectivity index is 2.24. The summed E-state index contributed by atoms with van der Waals surface area (Å²) in [4.78, 5) is 10.7. The van der Waals surface area contributed by atoms with Crippen molar-refractivity contribution < 1.29 is 4.92 Å². The molecule has 0 saturated heterocycles. The monoisotopic (exact) mass is 313 g/mol. The summed E-state index contributed by atoms with van der Waals surface area (Å²) in [6.07, 6.45) is 1.91. The van der Waals surface area contributed by atoms with Crippen molar-refractivity contribution in [2.45, 2.75) is 25.8 Å². The quantitative estimate of drug-likeness (QED) is 0.662. The first-order valence-corrected chi connectivity index (χ1v) is 6.85. The Kier molecular flexibility index (Phi) is 4.19. The number of benzene rings is 1. The van der Waals surface area contributed by atoms with Crippen LogP contribution in [0.5, 0.6) is 0 Å². The third-order valence-corrected chi connectivity index (χ3v) is 3.49. The number of anilines is 1. The molecule has 1 aromatic rings. The van der Waals surface area contributed by atoms with Gasteiger partial charge in [0.25, 0.3) is 5.69 Å². The molecule has 1 heterocycles. The lowest BCUT2D eigenvalue weighted by atomic mass is 9.98. The van der Waals surface area contributed by atoms with Gasteiger partial charge in [-0.3, -0.25) is 10.1 Å². The zero-order valence-corrected chi connectivity index (χ0v) is 11.8. The summed E-state index contributed by atoms with van der Waals surface area (Å²) in [5.74, 6) is 0. The average molecular weight is 314 g/mol. The molecule has 5 nitrogen and oxygen atoms in total. The minimum Gasteiger partial charge on any atom is -0.378 e. The highest BCUT2D eigenvalue weighted by molar-refractivity contribution is 9.10. The molecule has 1 aliphatic heterocycles. The number of nitro benzene ring substituents is 1. The van der Waals surface area contributed by atoms with Crippen molar-refractivity contribution in [1.29, 1.82) is 0 Å². The lowest BCUT2D eigenvalue weighted by molar-refractivity contribution is -0.384. The number of nitrogens with one attached hydrogen (secondary N) is 2. The van der Waals surface area contributed by atoms with Gasteiger partial charge >= 0.3 is 0 Å². The Morgan fingerprint density at radius 2 is 2.39 bits per heavy atom. The fourth-order valence-electron chi connectivity index (χ4n) is 2.21. The minimum absolute atomic E-state index is 0.147. The number of nitro groups is 1. The summed E-state index contributed by atoms with van der Waals surface area (Å²) >= 11 is 3.33. The van der Waals surface area contributed by atoms with Crippen molar-refractivity contribution in [3.8, 4) is 0 Å². The van der Waals surface area contributed by atoms with E-state index in [-0.39, 0.29) is 10.6 Å². The molecule has 0 amide bonds. The molecule has 2 N–H and O–H groups in total. The first-order chi connectivity index (χ1) is 8.61.